The molecule has 3 heterocycles. The number of fused-ring (bicyclic) bond motifs is 1. The molecule has 7 aromatic rings. The molecule has 1 aliphatic heterocycles. The highest BCUT2D eigenvalue weighted by molar-refractivity contribution is 7.98. The van der Waals surface area contributed by atoms with Crippen LogP contribution in [-0.2, 0) is 11.7 Å². The lowest BCUT2D eigenvalue weighted by Gasteiger charge is -2.36. The number of rotatable bonds is 9. The number of Topliss-reactive ketones (excluding diaryl/α,β-unsaturated/α-hetero) is 1. The molecule has 0 atom stereocenters. The first-order chi connectivity index (χ1) is 26.3. The number of benzene rings is 5. The quantitative estimate of drug-likeness (QED) is 0.0839. The number of aromatic nitrogens is 3. The van der Waals surface area contributed by atoms with Crippen LogP contribution in [0.1, 0.15) is 45.6 Å². The zero-order chi connectivity index (χ0) is 37.3. The van der Waals surface area contributed by atoms with Gasteiger partial charge in [0.25, 0.3) is 0 Å². The fourth-order valence-electron chi connectivity index (χ4n) is 7.85. The minimum atomic E-state index is -4.74. The number of piperidine rings is 1. The van der Waals surface area contributed by atoms with E-state index < -0.39 is 17.4 Å². The Kier molecular flexibility index (Phi) is 9.58. The standard InChI is InChI=1S/C45H37F3N4OS/c1-54-37-20-17-31(18-21-37)42(53)32-24-27-51(28-25-32)41-23-26-49-40-22-19-33(29-38(40)41)39-30-52(50-43(39)45(46,47)48)44(34-11-5-2-6-12-34,35-13-7-3-8-14-35)36-15-9-4-10-16-36/h2-23,26,29-30,32H,24-25,27-28H2,1H3. The summed E-state index contributed by atoms with van der Waals surface area (Å²) in [5, 5.41) is 5.19. The molecule has 2 aromatic heterocycles. The van der Waals surface area contributed by atoms with Crippen LogP contribution in [0.15, 0.2) is 157 Å². The van der Waals surface area contributed by atoms with Crippen LogP contribution in [-0.4, -0.2) is 39.9 Å². The van der Waals surface area contributed by atoms with Crippen molar-refractivity contribution in [3.05, 3.63) is 180 Å². The highest BCUT2D eigenvalue weighted by atomic mass is 32.2. The summed E-state index contributed by atoms with van der Waals surface area (Å²) in [6.45, 7) is 1.28. The maximum absolute atomic E-state index is 15.2. The van der Waals surface area contributed by atoms with Crippen LogP contribution in [0.5, 0.6) is 0 Å². The zero-order valence-corrected chi connectivity index (χ0v) is 30.4. The van der Waals surface area contributed by atoms with Crippen molar-refractivity contribution in [3.63, 3.8) is 0 Å². The van der Waals surface area contributed by atoms with Crippen molar-refractivity contribution in [2.45, 2.75) is 29.5 Å². The smallest absolute Gasteiger partial charge is 0.371 e. The van der Waals surface area contributed by atoms with Gasteiger partial charge in [-0.1, -0.05) is 109 Å². The predicted molar refractivity (Wildman–Crippen MR) is 210 cm³/mol. The minimum Gasteiger partial charge on any atom is -0.371 e. The van der Waals surface area contributed by atoms with Gasteiger partial charge in [0.1, 0.15) is 5.54 Å². The molecule has 1 saturated heterocycles. The monoisotopic (exact) mass is 738 g/mol. The normalized spacial score (nSPS) is 14.0. The van der Waals surface area contributed by atoms with Gasteiger partial charge in [0.15, 0.2) is 11.5 Å². The van der Waals surface area contributed by atoms with E-state index in [1.165, 1.54) is 10.9 Å². The number of alkyl halides is 3. The molecular formula is C45H37F3N4OS. The predicted octanol–water partition coefficient (Wildman–Crippen LogP) is 10.8. The molecule has 0 unspecified atom stereocenters. The van der Waals surface area contributed by atoms with E-state index >= 15 is 13.2 Å². The number of ketones is 1. The minimum absolute atomic E-state index is 0.0248. The van der Waals surface area contributed by atoms with Crippen molar-refractivity contribution in [2.24, 2.45) is 5.92 Å². The van der Waals surface area contributed by atoms with Crippen LogP contribution in [0, 0.1) is 5.92 Å². The van der Waals surface area contributed by atoms with E-state index in [9.17, 15) is 4.79 Å². The third-order valence-electron chi connectivity index (χ3n) is 10.5. The Morgan fingerprint density at radius 2 is 1.31 bits per heavy atom. The molecule has 0 aliphatic carbocycles. The maximum Gasteiger partial charge on any atom is 0.435 e. The molecule has 9 heteroatoms. The summed E-state index contributed by atoms with van der Waals surface area (Å²) >= 11 is 1.64. The van der Waals surface area contributed by atoms with Gasteiger partial charge in [0, 0.05) is 58.5 Å². The number of pyridine rings is 1. The summed E-state index contributed by atoms with van der Waals surface area (Å²) in [7, 11) is 0. The molecule has 1 aliphatic rings. The largest absolute Gasteiger partial charge is 0.435 e. The SMILES string of the molecule is CSc1ccc(C(=O)C2CCN(c3ccnc4ccc(-c5cn(C(c6ccccc6)(c6ccccc6)c6ccccc6)nc5C(F)(F)F)cc34)CC2)cc1. The van der Waals surface area contributed by atoms with E-state index in [1.807, 2.05) is 128 Å². The van der Waals surface area contributed by atoms with Gasteiger partial charge in [-0.2, -0.15) is 18.3 Å². The van der Waals surface area contributed by atoms with Crippen LogP contribution in [0.2, 0.25) is 0 Å². The van der Waals surface area contributed by atoms with E-state index in [4.69, 9.17) is 0 Å². The van der Waals surface area contributed by atoms with Crippen LogP contribution in [0.3, 0.4) is 0 Å². The molecule has 54 heavy (non-hydrogen) atoms. The van der Waals surface area contributed by atoms with E-state index in [-0.39, 0.29) is 17.3 Å². The summed E-state index contributed by atoms with van der Waals surface area (Å²) in [5.41, 5.74) is 2.77. The second-order valence-corrected chi connectivity index (χ2v) is 14.4. The van der Waals surface area contributed by atoms with Crippen molar-refractivity contribution in [2.75, 3.05) is 24.2 Å². The van der Waals surface area contributed by atoms with E-state index in [2.05, 4.69) is 15.0 Å². The van der Waals surface area contributed by atoms with Gasteiger partial charge in [-0.3, -0.25) is 14.5 Å². The third-order valence-corrected chi connectivity index (χ3v) is 11.3. The molecule has 0 radical (unpaired) electrons. The van der Waals surface area contributed by atoms with Gasteiger partial charge in [-0.25, -0.2) is 0 Å². The Balaban J connectivity index is 1.21. The lowest BCUT2D eigenvalue weighted by atomic mass is 9.77. The molecule has 5 nitrogen and oxygen atoms in total. The van der Waals surface area contributed by atoms with Crippen LogP contribution in [0.4, 0.5) is 18.9 Å². The van der Waals surface area contributed by atoms with Crippen molar-refractivity contribution in [3.8, 4) is 11.1 Å². The Labute approximate surface area is 316 Å². The average molecular weight is 739 g/mol. The van der Waals surface area contributed by atoms with E-state index in [0.717, 1.165) is 38.2 Å². The first-order valence-corrected chi connectivity index (χ1v) is 19.2. The van der Waals surface area contributed by atoms with Gasteiger partial charge >= 0.3 is 6.18 Å². The molecule has 5 aromatic carbocycles. The van der Waals surface area contributed by atoms with Gasteiger partial charge in [0.2, 0.25) is 0 Å². The number of carbonyl (C=O) groups is 1. The third kappa shape index (κ3) is 6.47. The number of halogens is 3. The second-order valence-electron chi connectivity index (χ2n) is 13.6. The summed E-state index contributed by atoms with van der Waals surface area (Å²) in [5.74, 6) is 0.0581. The number of hydrogen-bond donors (Lipinski definition) is 0. The summed E-state index contributed by atoms with van der Waals surface area (Å²) < 4.78 is 47.0. The molecule has 8 rings (SSSR count). The first kappa shape index (κ1) is 35.4. The topological polar surface area (TPSA) is 51.0 Å². The molecular weight excluding hydrogens is 702 g/mol. The second kappa shape index (κ2) is 14.6. The molecule has 0 N–H and O–H groups in total. The summed E-state index contributed by atoms with van der Waals surface area (Å²) in [6, 6.07) is 43.6. The van der Waals surface area contributed by atoms with Crippen molar-refractivity contribution >= 4 is 34.1 Å². The number of nitrogens with zero attached hydrogens (tertiary/aromatic N) is 4. The Hall–Kier alpha value is -5.67. The van der Waals surface area contributed by atoms with Crippen molar-refractivity contribution in [1.29, 1.82) is 0 Å². The Morgan fingerprint density at radius 1 is 0.741 bits per heavy atom. The molecule has 1 fully saturated rings. The van der Waals surface area contributed by atoms with Gasteiger partial charge in [-0.05, 0) is 71.7 Å². The number of carbonyl (C=O) groups excluding carboxylic acids is 1. The molecule has 0 amide bonds. The van der Waals surface area contributed by atoms with Gasteiger partial charge in [0.05, 0.1) is 5.52 Å². The molecule has 270 valence electrons. The fourth-order valence-corrected chi connectivity index (χ4v) is 8.26. The van der Waals surface area contributed by atoms with Gasteiger partial charge < -0.3 is 4.90 Å². The maximum atomic E-state index is 15.2. The molecule has 0 saturated carbocycles. The summed E-state index contributed by atoms with van der Waals surface area (Å²) in [6.07, 6.45) is 1.89. The van der Waals surface area contributed by atoms with Crippen LogP contribution < -0.4 is 4.90 Å². The van der Waals surface area contributed by atoms with Crippen LogP contribution in [0.25, 0.3) is 22.0 Å². The number of hydrogen-bond acceptors (Lipinski definition) is 5. The fraction of sp³-hybridized carbons (Fsp3) is 0.178. The van der Waals surface area contributed by atoms with E-state index in [0.29, 0.717) is 37.0 Å². The average Bonchev–Trinajstić information content (AvgIpc) is 3.69. The van der Waals surface area contributed by atoms with Crippen LogP contribution >= 0.6 is 11.8 Å². The summed E-state index contributed by atoms with van der Waals surface area (Å²) in [4.78, 5) is 21.3. The molecule has 0 spiro atoms. The van der Waals surface area contributed by atoms with Crippen molar-refractivity contribution in [1.82, 2.24) is 14.8 Å². The Bertz CT molecular complexity index is 2290. The number of anilines is 1. The van der Waals surface area contributed by atoms with E-state index in [1.54, 1.807) is 36.2 Å². The highest BCUT2D eigenvalue weighted by Crippen LogP contribution is 2.45. The number of thioether (sulfide) groups is 1. The highest BCUT2D eigenvalue weighted by Gasteiger charge is 2.44. The van der Waals surface area contributed by atoms with Crippen molar-refractivity contribution < 1.29 is 18.0 Å². The zero-order valence-electron chi connectivity index (χ0n) is 29.6. The lowest BCUT2D eigenvalue weighted by molar-refractivity contribution is -0.141. The Morgan fingerprint density at radius 3 is 1.85 bits per heavy atom. The first-order valence-electron chi connectivity index (χ1n) is 17.9. The molecule has 0 bridgehead atoms. The lowest BCUT2D eigenvalue weighted by Crippen LogP contribution is -2.38. The van der Waals surface area contributed by atoms with Gasteiger partial charge in [-0.15, -0.1) is 11.8 Å².